The fourth-order valence-electron chi connectivity index (χ4n) is 5.99. The molecule has 2 aliphatic carbocycles. The van der Waals surface area contributed by atoms with Crippen molar-refractivity contribution >= 4 is 0 Å². The molecule has 1 saturated carbocycles. The smallest absolute Gasteiger partial charge is 0.169 e. The van der Waals surface area contributed by atoms with Crippen molar-refractivity contribution in [1.29, 1.82) is 0 Å². The largest absolute Gasteiger partial charge is 0.396 e. The van der Waals surface area contributed by atoms with E-state index in [9.17, 15) is 5.11 Å². The molecule has 2 spiro atoms. The number of rotatable bonds is 12. The fourth-order valence-corrected chi connectivity index (χ4v) is 5.99. The summed E-state index contributed by atoms with van der Waals surface area (Å²) >= 11 is 0. The summed E-state index contributed by atoms with van der Waals surface area (Å²) in [4.78, 5) is 0. The number of hydrogen-bond donors (Lipinski definition) is 1. The van der Waals surface area contributed by atoms with Gasteiger partial charge in [0, 0.05) is 18.8 Å². The molecule has 1 aliphatic heterocycles. The van der Waals surface area contributed by atoms with Gasteiger partial charge in [-0.15, -0.1) is 0 Å². The normalized spacial score (nSPS) is 28.4. The number of hydrogen-bond acceptors (Lipinski definition) is 3. The Morgan fingerprint density at radius 2 is 1.42 bits per heavy atom. The molecule has 2 fully saturated rings. The lowest BCUT2D eigenvalue weighted by Gasteiger charge is -2.40. The third-order valence-corrected chi connectivity index (χ3v) is 8.35. The summed E-state index contributed by atoms with van der Waals surface area (Å²) in [6.45, 7) is 11.9. The molecular formula is C33H52O3. The Morgan fingerprint density at radius 3 is 2.00 bits per heavy atom. The highest BCUT2D eigenvalue weighted by molar-refractivity contribution is 5.14. The monoisotopic (exact) mass is 496 g/mol. The van der Waals surface area contributed by atoms with Crippen LogP contribution < -0.4 is 0 Å². The topological polar surface area (TPSA) is 38.7 Å². The van der Waals surface area contributed by atoms with Gasteiger partial charge < -0.3 is 14.6 Å². The van der Waals surface area contributed by atoms with Gasteiger partial charge in [0.15, 0.2) is 5.79 Å². The standard InChI is InChI=1S/C33H52O3/c1-26(2)11-8-12-27(3)13-9-14-28(4)15-10-16-29(5)17-18-30-19-20-31(24-34)32(23-30)25-35-33(36-32)21-6-7-22-33/h11,13,15,17,19-20,30-31,34H,6-10,12,14,16,18,21-25H2,1-5H3/b27-13+,28-15+,29-17+/t30-,31-,32+/m0/s1. The molecule has 3 atom stereocenters. The maximum absolute atomic E-state index is 10.0. The zero-order valence-corrected chi connectivity index (χ0v) is 23.8. The molecule has 202 valence electrons. The first-order chi connectivity index (χ1) is 17.3. The second kappa shape index (κ2) is 13.9. The highest BCUT2D eigenvalue weighted by Gasteiger charge is 2.55. The maximum atomic E-state index is 10.0. The maximum Gasteiger partial charge on any atom is 0.169 e. The number of ether oxygens (including phenoxy) is 2. The molecular weight excluding hydrogens is 444 g/mol. The highest BCUT2D eigenvalue weighted by Crippen LogP contribution is 2.50. The van der Waals surface area contributed by atoms with Gasteiger partial charge in [-0.25, -0.2) is 0 Å². The zero-order valence-electron chi connectivity index (χ0n) is 23.8. The van der Waals surface area contributed by atoms with Gasteiger partial charge in [-0.3, -0.25) is 0 Å². The van der Waals surface area contributed by atoms with Crippen LogP contribution in [0.3, 0.4) is 0 Å². The fraction of sp³-hybridized carbons (Fsp3) is 0.697. The molecule has 1 N–H and O–H groups in total. The minimum absolute atomic E-state index is 0.0444. The van der Waals surface area contributed by atoms with Crippen LogP contribution in [0, 0.1) is 11.8 Å². The SMILES string of the molecule is CC(C)=CCC/C(C)=C/CC/C(C)=C/CC/C(C)=C/C[C@H]1C=C[C@@H](CO)[C@]2(COC3(CCCC3)O2)C1. The molecule has 3 nitrogen and oxygen atoms in total. The van der Waals surface area contributed by atoms with Crippen LogP contribution in [0.25, 0.3) is 0 Å². The molecule has 0 amide bonds. The van der Waals surface area contributed by atoms with Crippen LogP contribution in [0.15, 0.2) is 58.7 Å². The minimum atomic E-state index is -0.376. The molecule has 3 aliphatic rings. The van der Waals surface area contributed by atoms with Gasteiger partial charge in [0.05, 0.1) is 13.2 Å². The molecule has 0 bridgehead atoms. The van der Waals surface area contributed by atoms with Gasteiger partial charge >= 0.3 is 0 Å². The number of aliphatic hydroxyl groups is 1. The summed E-state index contributed by atoms with van der Waals surface area (Å²) in [5.74, 6) is 0.119. The lowest BCUT2D eigenvalue weighted by atomic mass is 9.74. The second-order valence-electron chi connectivity index (χ2n) is 12.0. The van der Waals surface area contributed by atoms with Crippen molar-refractivity contribution < 1.29 is 14.6 Å². The zero-order chi connectivity index (χ0) is 26.0. The van der Waals surface area contributed by atoms with E-state index in [-0.39, 0.29) is 23.9 Å². The first-order valence-electron chi connectivity index (χ1n) is 14.5. The van der Waals surface area contributed by atoms with E-state index < -0.39 is 0 Å². The highest BCUT2D eigenvalue weighted by atomic mass is 16.8. The van der Waals surface area contributed by atoms with Crippen molar-refractivity contribution in [3.8, 4) is 0 Å². The van der Waals surface area contributed by atoms with Crippen LogP contribution in [-0.4, -0.2) is 29.7 Å². The average Bonchev–Trinajstić information content (AvgIpc) is 3.44. The molecule has 0 aromatic carbocycles. The van der Waals surface area contributed by atoms with Crippen LogP contribution in [0.1, 0.15) is 112 Å². The number of allylic oxidation sites excluding steroid dienone is 9. The Kier molecular flexibility index (Phi) is 11.3. The summed E-state index contributed by atoms with van der Waals surface area (Å²) < 4.78 is 12.9. The number of aliphatic hydroxyl groups excluding tert-OH is 1. The van der Waals surface area contributed by atoms with Gasteiger partial charge in [0.25, 0.3) is 0 Å². The van der Waals surface area contributed by atoms with E-state index in [0.29, 0.717) is 12.5 Å². The van der Waals surface area contributed by atoms with E-state index in [1.807, 2.05) is 0 Å². The van der Waals surface area contributed by atoms with Gasteiger partial charge in [-0.1, -0.05) is 58.7 Å². The van der Waals surface area contributed by atoms with E-state index in [0.717, 1.165) is 57.8 Å². The lowest BCUT2D eigenvalue weighted by molar-refractivity contribution is -0.195. The van der Waals surface area contributed by atoms with E-state index in [1.54, 1.807) is 0 Å². The molecule has 0 radical (unpaired) electrons. The first kappa shape index (κ1) is 29.1. The first-order valence-corrected chi connectivity index (χ1v) is 14.5. The van der Waals surface area contributed by atoms with Crippen LogP contribution >= 0.6 is 0 Å². The van der Waals surface area contributed by atoms with E-state index in [4.69, 9.17) is 9.47 Å². The summed E-state index contributed by atoms with van der Waals surface area (Å²) in [5, 5.41) is 10.0. The molecule has 0 unspecified atom stereocenters. The van der Waals surface area contributed by atoms with Crippen molar-refractivity contribution in [3.05, 3.63) is 58.7 Å². The van der Waals surface area contributed by atoms with Gasteiger partial charge in [0.1, 0.15) is 5.60 Å². The van der Waals surface area contributed by atoms with E-state index >= 15 is 0 Å². The quantitative estimate of drug-likeness (QED) is 0.274. The van der Waals surface area contributed by atoms with Crippen molar-refractivity contribution in [2.45, 2.75) is 123 Å². The summed E-state index contributed by atoms with van der Waals surface area (Å²) in [6, 6.07) is 0. The Hall–Kier alpha value is -1.42. The van der Waals surface area contributed by atoms with Crippen molar-refractivity contribution in [2.75, 3.05) is 13.2 Å². The Morgan fingerprint density at radius 1 is 0.833 bits per heavy atom. The Balaban J connectivity index is 1.41. The molecule has 1 heterocycles. The third-order valence-electron chi connectivity index (χ3n) is 8.35. The summed E-state index contributed by atoms with van der Waals surface area (Å²) in [5.41, 5.74) is 5.55. The molecule has 0 aromatic heterocycles. The van der Waals surface area contributed by atoms with Crippen LogP contribution in [0.5, 0.6) is 0 Å². The van der Waals surface area contributed by atoms with E-state index in [2.05, 4.69) is 71.1 Å². The summed E-state index contributed by atoms with van der Waals surface area (Å²) in [6.07, 6.45) is 27.3. The van der Waals surface area contributed by atoms with Gasteiger partial charge in [-0.2, -0.15) is 0 Å². The molecule has 3 rings (SSSR count). The van der Waals surface area contributed by atoms with Crippen LogP contribution in [0.2, 0.25) is 0 Å². The minimum Gasteiger partial charge on any atom is -0.396 e. The molecule has 0 aromatic rings. The predicted molar refractivity (Wildman–Crippen MR) is 152 cm³/mol. The average molecular weight is 497 g/mol. The Bertz CT molecular complexity index is 848. The third kappa shape index (κ3) is 8.57. The predicted octanol–water partition coefficient (Wildman–Crippen LogP) is 8.76. The van der Waals surface area contributed by atoms with Gasteiger partial charge in [0.2, 0.25) is 0 Å². The van der Waals surface area contributed by atoms with Crippen molar-refractivity contribution in [3.63, 3.8) is 0 Å². The Labute approximate surface area is 221 Å². The van der Waals surface area contributed by atoms with Crippen LogP contribution in [0.4, 0.5) is 0 Å². The lowest BCUT2D eigenvalue weighted by Crippen LogP contribution is -2.46. The van der Waals surface area contributed by atoms with E-state index in [1.165, 1.54) is 41.6 Å². The van der Waals surface area contributed by atoms with Crippen molar-refractivity contribution in [2.24, 2.45) is 11.8 Å². The summed E-state index contributed by atoms with van der Waals surface area (Å²) in [7, 11) is 0. The van der Waals surface area contributed by atoms with Crippen LogP contribution in [-0.2, 0) is 9.47 Å². The molecule has 1 saturated heterocycles. The second-order valence-corrected chi connectivity index (χ2v) is 12.0. The molecule has 3 heteroatoms. The van der Waals surface area contributed by atoms with Gasteiger partial charge in [-0.05, 0) is 105 Å². The van der Waals surface area contributed by atoms with Crippen molar-refractivity contribution in [1.82, 2.24) is 0 Å². The molecule has 36 heavy (non-hydrogen) atoms.